The van der Waals surface area contributed by atoms with Crippen molar-refractivity contribution in [1.29, 1.82) is 0 Å². The van der Waals surface area contributed by atoms with Gasteiger partial charge in [0.15, 0.2) is 5.78 Å². The minimum Gasteiger partial charge on any atom is -0.294 e. The van der Waals surface area contributed by atoms with Gasteiger partial charge in [0.25, 0.3) is 0 Å². The van der Waals surface area contributed by atoms with Crippen LogP contribution < -0.4 is 0 Å². The van der Waals surface area contributed by atoms with Gasteiger partial charge in [0.1, 0.15) is 11.6 Å². The number of Topliss-reactive ketones (excluding diaryl/α,β-unsaturated/α-hetero) is 1. The molecule has 0 unspecified atom stereocenters. The molecule has 88 valence electrons. The fourth-order valence-electron chi connectivity index (χ4n) is 1.64. The van der Waals surface area contributed by atoms with Crippen molar-refractivity contribution >= 4 is 21.7 Å². The zero-order chi connectivity index (χ0) is 12.3. The van der Waals surface area contributed by atoms with Crippen molar-refractivity contribution < 1.29 is 13.6 Å². The minimum atomic E-state index is -0.802. The molecule has 0 atom stereocenters. The number of rotatable bonds is 4. The molecule has 1 rings (SSSR count). The molecule has 0 N–H and O–H groups in total. The van der Waals surface area contributed by atoms with E-state index < -0.39 is 23.0 Å². The van der Waals surface area contributed by atoms with Crippen molar-refractivity contribution in [1.82, 2.24) is 0 Å². The van der Waals surface area contributed by atoms with E-state index in [2.05, 4.69) is 15.9 Å². The van der Waals surface area contributed by atoms with Crippen molar-refractivity contribution in [3.63, 3.8) is 0 Å². The zero-order valence-electron chi connectivity index (χ0n) is 9.19. The van der Waals surface area contributed by atoms with Crippen LogP contribution in [0.25, 0.3) is 0 Å². The summed E-state index contributed by atoms with van der Waals surface area (Å²) < 4.78 is 27.3. The Bertz CT molecular complexity index is 377. The van der Waals surface area contributed by atoms with Gasteiger partial charge in [0.2, 0.25) is 0 Å². The topological polar surface area (TPSA) is 17.1 Å². The summed E-state index contributed by atoms with van der Waals surface area (Å²) in [7, 11) is 0. The first kappa shape index (κ1) is 13.3. The Morgan fingerprint density at radius 1 is 1.25 bits per heavy atom. The number of carbonyl (C=O) groups excluding carboxylic acids is 1. The zero-order valence-corrected chi connectivity index (χ0v) is 10.8. The maximum absolute atomic E-state index is 13.5. The van der Waals surface area contributed by atoms with Gasteiger partial charge in [0, 0.05) is 10.4 Å². The molecule has 0 aliphatic rings. The lowest BCUT2D eigenvalue weighted by Gasteiger charge is -2.12. The van der Waals surface area contributed by atoms with Crippen molar-refractivity contribution in [2.75, 3.05) is 0 Å². The average Bonchev–Trinajstić information content (AvgIpc) is 2.17. The van der Waals surface area contributed by atoms with Gasteiger partial charge >= 0.3 is 0 Å². The minimum absolute atomic E-state index is 0.295. The molecule has 0 bridgehead atoms. The standard InChI is InChI=1S/C12H13BrF2O/c1-3-7(4-2)12(16)11-9(14)5-8(13)6-10(11)15/h5-7H,3-4H2,1-2H3. The molecule has 0 aliphatic carbocycles. The average molecular weight is 291 g/mol. The molecule has 0 aromatic heterocycles. The lowest BCUT2D eigenvalue weighted by Crippen LogP contribution is -2.16. The monoisotopic (exact) mass is 290 g/mol. The molecule has 0 saturated carbocycles. The molecule has 1 nitrogen and oxygen atoms in total. The van der Waals surface area contributed by atoms with Gasteiger partial charge in [-0.1, -0.05) is 29.8 Å². The van der Waals surface area contributed by atoms with Gasteiger partial charge < -0.3 is 0 Å². The lowest BCUT2D eigenvalue weighted by atomic mass is 9.92. The van der Waals surface area contributed by atoms with Gasteiger partial charge in [-0.25, -0.2) is 8.78 Å². The van der Waals surface area contributed by atoms with Crippen molar-refractivity contribution in [3.05, 3.63) is 33.8 Å². The van der Waals surface area contributed by atoms with Gasteiger partial charge in [-0.3, -0.25) is 4.79 Å². The molecule has 1 aromatic carbocycles. The maximum Gasteiger partial charge on any atom is 0.171 e. The fraction of sp³-hybridized carbons (Fsp3) is 0.417. The Balaban J connectivity index is 3.18. The summed E-state index contributed by atoms with van der Waals surface area (Å²) in [6, 6.07) is 2.22. The van der Waals surface area contributed by atoms with E-state index in [0.717, 1.165) is 12.1 Å². The van der Waals surface area contributed by atoms with Crippen LogP contribution in [0.2, 0.25) is 0 Å². The predicted octanol–water partition coefficient (Wildman–Crippen LogP) is 4.35. The Kier molecular flexibility index (Phi) is 4.59. The predicted molar refractivity (Wildman–Crippen MR) is 62.5 cm³/mol. The van der Waals surface area contributed by atoms with E-state index in [1.165, 1.54) is 0 Å². The number of benzene rings is 1. The van der Waals surface area contributed by atoms with Crippen LogP contribution in [0.5, 0.6) is 0 Å². The molecule has 1 aromatic rings. The van der Waals surface area contributed by atoms with Gasteiger partial charge in [0.05, 0.1) is 5.56 Å². The van der Waals surface area contributed by atoms with E-state index in [-0.39, 0.29) is 5.92 Å². The van der Waals surface area contributed by atoms with E-state index in [9.17, 15) is 13.6 Å². The fourth-order valence-corrected chi connectivity index (χ4v) is 2.04. The van der Waals surface area contributed by atoms with E-state index >= 15 is 0 Å². The van der Waals surface area contributed by atoms with Crippen LogP contribution in [-0.2, 0) is 0 Å². The van der Waals surface area contributed by atoms with E-state index in [1.807, 2.05) is 13.8 Å². The normalized spacial score (nSPS) is 10.9. The summed E-state index contributed by atoms with van der Waals surface area (Å²) >= 11 is 2.98. The first-order valence-electron chi connectivity index (χ1n) is 5.20. The first-order valence-corrected chi connectivity index (χ1v) is 5.99. The lowest BCUT2D eigenvalue weighted by molar-refractivity contribution is 0.0904. The molecule has 16 heavy (non-hydrogen) atoms. The second kappa shape index (κ2) is 5.53. The summed E-state index contributed by atoms with van der Waals surface area (Å²) in [5.74, 6) is -2.37. The van der Waals surface area contributed by atoms with Gasteiger partial charge in [-0.2, -0.15) is 0 Å². The Hall–Kier alpha value is -0.770. The third kappa shape index (κ3) is 2.67. The highest BCUT2D eigenvalue weighted by Crippen LogP contribution is 2.24. The molecular weight excluding hydrogens is 278 g/mol. The summed E-state index contributed by atoms with van der Waals surface area (Å²) in [5, 5.41) is 0. The van der Waals surface area contributed by atoms with Crippen LogP contribution in [0.4, 0.5) is 8.78 Å². The number of carbonyl (C=O) groups is 1. The van der Waals surface area contributed by atoms with Crippen LogP contribution in [0.3, 0.4) is 0 Å². The van der Waals surface area contributed by atoms with E-state index in [1.54, 1.807) is 0 Å². The summed E-state index contributed by atoms with van der Waals surface area (Å²) in [4.78, 5) is 11.9. The summed E-state index contributed by atoms with van der Waals surface area (Å²) in [6.07, 6.45) is 1.18. The van der Waals surface area contributed by atoms with Crippen molar-refractivity contribution in [2.45, 2.75) is 26.7 Å². The molecule has 0 fully saturated rings. The highest BCUT2D eigenvalue weighted by molar-refractivity contribution is 9.10. The summed E-state index contributed by atoms with van der Waals surface area (Å²) in [6.45, 7) is 3.67. The molecule has 0 saturated heterocycles. The largest absolute Gasteiger partial charge is 0.294 e. The molecule has 0 amide bonds. The molecule has 0 spiro atoms. The number of hydrogen-bond donors (Lipinski definition) is 0. The number of hydrogen-bond acceptors (Lipinski definition) is 1. The molecule has 0 heterocycles. The third-order valence-corrected chi connectivity index (χ3v) is 3.07. The first-order chi connectivity index (χ1) is 7.51. The third-order valence-electron chi connectivity index (χ3n) is 2.61. The Morgan fingerprint density at radius 3 is 2.06 bits per heavy atom. The van der Waals surface area contributed by atoms with Crippen LogP contribution in [-0.4, -0.2) is 5.78 Å². The van der Waals surface area contributed by atoms with Gasteiger partial charge in [-0.15, -0.1) is 0 Å². The quantitative estimate of drug-likeness (QED) is 0.754. The van der Waals surface area contributed by atoms with E-state index in [4.69, 9.17) is 0 Å². The maximum atomic E-state index is 13.5. The van der Waals surface area contributed by atoms with Crippen LogP contribution >= 0.6 is 15.9 Å². The SMILES string of the molecule is CCC(CC)C(=O)c1c(F)cc(Br)cc1F. The molecular formula is C12H13BrF2O. The second-order valence-electron chi connectivity index (χ2n) is 3.62. The number of ketones is 1. The molecule has 4 heteroatoms. The van der Waals surface area contributed by atoms with Crippen molar-refractivity contribution in [3.8, 4) is 0 Å². The van der Waals surface area contributed by atoms with Crippen LogP contribution in [0, 0.1) is 17.6 Å². The van der Waals surface area contributed by atoms with Crippen LogP contribution in [0.1, 0.15) is 37.0 Å². The Labute approximate surface area is 102 Å². The van der Waals surface area contributed by atoms with Crippen molar-refractivity contribution in [2.24, 2.45) is 5.92 Å². The smallest absolute Gasteiger partial charge is 0.171 e. The second-order valence-corrected chi connectivity index (χ2v) is 4.54. The highest BCUT2D eigenvalue weighted by atomic mass is 79.9. The van der Waals surface area contributed by atoms with E-state index in [0.29, 0.717) is 17.3 Å². The summed E-state index contributed by atoms with van der Waals surface area (Å²) in [5.41, 5.74) is -0.420. The van der Waals surface area contributed by atoms with Gasteiger partial charge in [-0.05, 0) is 25.0 Å². The number of halogens is 3. The highest BCUT2D eigenvalue weighted by Gasteiger charge is 2.23. The molecule has 0 radical (unpaired) electrons. The molecule has 0 aliphatic heterocycles. The van der Waals surface area contributed by atoms with Crippen LogP contribution in [0.15, 0.2) is 16.6 Å². The Morgan fingerprint density at radius 2 is 1.69 bits per heavy atom.